The van der Waals surface area contributed by atoms with Gasteiger partial charge < -0.3 is 10.0 Å². The Balaban J connectivity index is 3.05. The Morgan fingerprint density at radius 2 is 2.30 bits per heavy atom. The van der Waals surface area contributed by atoms with E-state index in [9.17, 15) is 4.39 Å². The quantitative estimate of drug-likeness (QED) is 0.459. The molecule has 0 bridgehead atoms. The Labute approximate surface area is 57.1 Å². The number of aromatic nitrogens is 2. The van der Waals surface area contributed by atoms with Crippen molar-refractivity contribution < 1.29 is 14.4 Å². The number of nitrogens with zero attached hydrogens (tertiary/aromatic N) is 2. The molecule has 0 aliphatic heterocycles. The molecule has 0 unspecified atom stereocenters. The van der Waals surface area contributed by atoms with Crippen LogP contribution in [-0.4, -0.2) is 26.9 Å². The van der Waals surface area contributed by atoms with Gasteiger partial charge in [-0.3, -0.25) is 0 Å². The molecule has 6 heteroatoms. The van der Waals surface area contributed by atoms with Crippen LogP contribution >= 0.6 is 0 Å². The lowest BCUT2D eigenvalue weighted by atomic mass is 9.83. The highest BCUT2D eigenvalue weighted by molar-refractivity contribution is 6.58. The molecular weight excluding hydrogens is 138 g/mol. The van der Waals surface area contributed by atoms with Crippen LogP contribution in [0.3, 0.4) is 0 Å². The second-order valence-electron chi connectivity index (χ2n) is 1.89. The maximum absolute atomic E-state index is 12.6. The molecule has 4 nitrogen and oxygen atoms in total. The van der Waals surface area contributed by atoms with Gasteiger partial charge >= 0.3 is 7.12 Å². The van der Waals surface area contributed by atoms with E-state index in [1.54, 1.807) is 0 Å². The molecule has 1 heterocycles. The van der Waals surface area contributed by atoms with Gasteiger partial charge in [0.2, 0.25) is 5.95 Å². The molecule has 0 fully saturated rings. The van der Waals surface area contributed by atoms with Crippen molar-refractivity contribution in [3.63, 3.8) is 0 Å². The monoisotopic (exact) mass is 144 g/mol. The average molecular weight is 144 g/mol. The number of rotatable bonds is 1. The standard InChI is InChI=1S/C4H6BFN2O2/c1-8-4(6)3(2-7-8)5(9)10/h2,9-10H,1H3. The van der Waals surface area contributed by atoms with Gasteiger partial charge in [-0.15, -0.1) is 0 Å². The lowest BCUT2D eigenvalue weighted by molar-refractivity contribution is 0.420. The molecule has 0 aliphatic carbocycles. The Morgan fingerprint density at radius 3 is 2.50 bits per heavy atom. The topological polar surface area (TPSA) is 58.3 Å². The second kappa shape index (κ2) is 2.39. The van der Waals surface area contributed by atoms with Gasteiger partial charge in [-0.1, -0.05) is 0 Å². The molecule has 10 heavy (non-hydrogen) atoms. The number of hydrogen-bond acceptors (Lipinski definition) is 3. The predicted molar refractivity (Wildman–Crippen MR) is 33.0 cm³/mol. The summed E-state index contributed by atoms with van der Waals surface area (Å²) in [6, 6.07) is 0. The van der Waals surface area contributed by atoms with Crippen LogP contribution in [-0.2, 0) is 7.05 Å². The summed E-state index contributed by atoms with van der Waals surface area (Å²) < 4.78 is 13.5. The van der Waals surface area contributed by atoms with Gasteiger partial charge in [-0.05, 0) is 0 Å². The highest BCUT2D eigenvalue weighted by Gasteiger charge is 2.19. The minimum atomic E-state index is -1.78. The van der Waals surface area contributed by atoms with Crippen molar-refractivity contribution >= 4 is 12.6 Å². The van der Waals surface area contributed by atoms with Gasteiger partial charge in [-0.2, -0.15) is 9.49 Å². The van der Waals surface area contributed by atoms with E-state index in [0.29, 0.717) is 0 Å². The van der Waals surface area contributed by atoms with Crippen molar-refractivity contribution in [2.24, 2.45) is 7.05 Å². The maximum atomic E-state index is 12.6. The van der Waals surface area contributed by atoms with Gasteiger partial charge in [-0.25, -0.2) is 4.68 Å². The van der Waals surface area contributed by atoms with Crippen molar-refractivity contribution in [1.29, 1.82) is 0 Å². The Kier molecular flexibility index (Phi) is 1.73. The first-order valence-electron chi connectivity index (χ1n) is 2.66. The third kappa shape index (κ3) is 1.03. The van der Waals surface area contributed by atoms with E-state index in [4.69, 9.17) is 10.0 Å². The fourth-order valence-corrected chi connectivity index (χ4v) is 0.613. The molecule has 0 spiro atoms. The van der Waals surface area contributed by atoms with Crippen molar-refractivity contribution in [3.05, 3.63) is 12.1 Å². The van der Waals surface area contributed by atoms with Gasteiger partial charge in [0.25, 0.3) is 0 Å². The summed E-state index contributed by atoms with van der Waals surface area (Å²) in [6.07, 6.45) is 1.07. The average Bonchev–Trinajstić information content (AvgIpc) is 2.14. The molecular formula is C4H6BFN2O2. The number of aryl methyl sites for hydroxylation is 1. The van der Waals surface area contributed by atoms with Crippen LogP contribution in [0, 0.1) is 5.95 Å². The van der Waals surface area contributed by atoms with Crippen LogP contribution in [0.15, 0.2) is 6.20 Å². The van der Waals surface area contributed by atoms with Gasteiger partial charge in [0.1, 0.15) is 0 Å². The SMILES string of the molecule is Cn1ncc(B(O)O)c1F. The fourth-order valence-electron chi connectivity index (χ4n) is 0.613. The molecule has 0 amide bonds. The van der Waals surface area contributed by atoms with Crippen LogP contribution in [0.4, 0.5) is 4.39 Å². The van der Waals surface area contributed by atoms with Crippen LogP contribution in [0.5, 0.6) is 0 Å². The summed E-state index contributed by atoms with van der Waals surface area (Å²) in [5.74, 6) is -0.727. The van der Waals surface area contributed by atoms with Gasteiger partial charge in [0.05, 0.1) is 11.7 Å². The van der Waals surface area contributed by atoms with E-state index in [2.05, 4.69) is 5.10 Å². The minimum Gasteiger partial charge on any atom is -0.423 e. The predicted octanol–water partition coefficient (Wildman–Crippen LogP) is -1.76. The van der Waals surface area contributed by atoms with Crippen LogP contribution in [0.25, 0.3) is 0 Å². The first-order valence-corrected chi connectivity index (χ1v) is 2.66. The molecule has 1 rings (SSSR count). The molecule has 0 aromatic carbocycles. The number of halogens is 1. The van der Waals surface area contributed by atoms with Gasteiger partial charge in [0.15, 0.2) is 0 Å². The summed E-state index contributed by atoms with van der Waals surface area (Å²) in [5.41, 5.74) is -0.206. The van der Waals surface area contributed by atoms with Crippen molar-refractivity contribution in [2.45, 2.75) is 0 Å². The molecule has 0 saturated heterocycles. The van der Waals surface area contributed by atoms with E-state index >= 15 is 0 Å². The highest BCUT2D eigenvalue weighted by Crippen LogP contribution is 1.89. The summed E-state index contributed by atoms with van der Waals surface area (Å²) in [6.45, 7) is 0. The van der Waals surface area contributed by atoms with Crippen LogP contribution in [0.1, 0.15) is 0 Å². The Morgan fingerprint density at radius 1 is 1.70 bits per heavy atom. The second-order valence-corrected chi connectivity index (χ2v) is 1.89. The van der Waals surface area contributed by atoms with E-state index in [1.165, 1.54) is 7.05 Å². The van der Waals surface area contributed by atoms with Crippen molar-refractivity contribution in [3.8, 4) is 0 Å². The van der Waals surface area contributed by atoms with Crippen molar-refractivity contribution in [1.82, 2.24) is 9.78 Å². The van der Waals surface area contributed by atoms with E-state index < -0.39 is 13.1 Å². The maximum Gasteiger partial charge on any atom is 0.494 e. The summed E-state index contributed by atoms with van der Waals surface area (Å²) >= 11 is 0. The van der Waals surface area contributed by atoms with Crippen molar-refractivity contribution in [2.75, 3.05) is 0 Å². The third-order valence-corrected chi connectivity index (χ3v) is 1.17. The third-order valence-electron chi connectivity index (χ3n) is 1.17. The first-order chi connectivity index (χ1) is 4.63. The minimum absolute atomic E-state index is 0.206. The number of hydrogen-bond donors (Lipinski definition) is 2. The van der Waals surface area contributed by atoms with E-state index in [-0.39, 0.29) is 5.46 Å². The Hall–Kier alpha value is -0.875. The Bertz CT molecular complexity index is 237. The van der Waals surface area contributed by atoms with E-state index in [0.717, 1.165) is 10.9 Å². The first kappa shape index (κ1) is 7.23. The zero-order valence-corrected chi connectivity index (χ0v) is 5.32. The van der Waals surface area contributed by atoms with Crippen LogP contribution < -0.4 is 5.46 Å². The summed E-state index contributed by atoms with van der Waals surface area (Å²) in [5, 5.41) is 20.4. The van der Waals surface area contributed by atoms with Crippen LogP contribution in [0.2, 0.25) is 0 Å². The molecule has 54 valence electrons. The lowest BCUT2D eigenvalue weighted by Crippen LogP contribution is -2.31. The smallest absolute Gasteiger partial charge is 0.423 e. The molecule has 0 saturated carbocycles. The lowest BCUT2D eigenvalue weighted by Gasteiger charge is -1.92. The highest BCUT2D eigenvalue weighted by atomic mass is 19.1. The summed E-state index contributed by atoms with van der Waals surface area (Å²) in [7, 11) is -0.407. The summed E-state index contributed by atoms with van der Waals surface area (Å²) in [4.78, 5) is 0. The zero-order valence-electron chi connectivity index (χ0n) is 5.32. The van der Waals surface area contributed by atoms with Gasteiger partial charge in [0, 0.05) is 7.05 Å². The molecule has 0 radical (unpaired) electrons. The molecule has 2 N–H and O–H groups in total. The largest absolute Gasteiger partial charge is 0.494 e. The zero-order chi connectivity index (χ0) is 7.72. The normalized spacial score (nSPS) is 10.0. The fraction of sp³-hybridized carbons (Fsp3) is 0.250. The molecule has 1 aromatic heterocycles. The van der Waals surface area contributed by atoms with E-state index in [1.807, 2.05) is 0 Å². The molecule has 1 aromatic rings. The molecule has 0 aliphatic rings. The molecule has 0 atom stereocenters.